The summed E-state index contributed by atoms with van der Waals surface area (Å²) in [6.07, 6.45) is 5.86. The second-order valence-electron chi connectivity index (χ2n) is 12.5. The molecule has 5 rings (SSSR count). The minimum atomic E-state index is -1.81. The zero-order chi connectivity index (χ0) is 29.4. The van der Waals surface area contributed by atoms with E-state index in [1.165, 1.54) is 0 Å². The van der Waals surface area contributed by atoms with Crippen molar-refractivity contribution in [2.45, 2.75) is 84.7 Å². The summed E-state index contributed by atoms with van der Waals surface area (Å²) < 4.78 is 20.9. The summed E-state index contributed by atoms with van der Waals surface area (Å²) in [4.78, 5) is 13.3. The van der Waals surface area contributed by atoms with E-state index in [9.17, 15) is 0 Å². The van der Waals surface area contributed by atoms with Gasteiger partial charge in [-0.05, 0) is 75.5 Å². The summed E-state index contributed by atoms with van der Waals surface area (Å²) in [5.41, 5.74) is 4.82. The van der Waals surface area contributed by atoms with Gasteiger partial charge < -0.3 is 19.2 Å². The van der Waals surface area contributed by atoms with Gasteiger partial charge in [0, 0.05) is 35.3 Å². The molecule has 218 valence electrons. The zero-order valence-corrected chi connectivity index (χ0v) is 26.5. The Morgan fingerprint density at radius 3 is 2.54 bits per heavy atom. The predicted octanol–water partition coefficient (Wildman–Crippen LogP) is 6.80. The quantitative estimate of drug-likeness (QED) is 0.230. The molecule has 0 saturated carbocycles. The molecule has 0 aromatic carbocycles. The molecule has 0 spiro atoms. The molecule has 1 fully saturated rings. The lowest BCUT2D eigenvalue weighted by Crippen LogP contribution is -2.47. The van der Waals surface area contributed by atoms with E-state index >= 15 is 0 Å². The highest BCUT2D eigenvalue weighted by Crippen LogP contribution is 2.38. The van der Waals surface area contributed by atoms with Crippen LogP contribution in [0.15, 0.2) is 42.7 Å². The normalized spacial score (nSPS) is 18.0. The average molecular weight is 575 g/mol. The van der Waals surface area contributed by atoms with Crippen molar-refractivity contribution in [1.29, 1.82) is 0 Å². The van der Waals surface area contributed by atoms with Crippen LogP contribution in [0, 0.1) is 20.8 Å². The van der Waals surface area contributed by atoms with Gasteiger partial charge >= 0.3 is 0 Å². The van der Waals surface area contributed by atoms with E-state index in [2.05, 4.69) is 71.4 Å². The van der Waals surface area contributed by atoms with Gasteiger partial charge in [-0.1, -0.05) is 20.8 Å². The third kappa shape index (κ3) is 6.94. The summed E-state index contributed by atoms with van der Waals surface area (Å²) in [6, 6.07) is 10.1. The first kappa shape index (κ1) is 29.2. The number of anilines is 2. The number of nitrogens with zero attached hydrogens (tertiary/aromatic N) is 5. The summed E-state index contributed by atoms with van der Waals surface area (Å²) in [5, 5.41) is 8.14. The first-order valence-electron chi connectivity index (χ1n) is 14.3. The van der Waals surface area contributed by atoms with Crippen LogP contribution in [-0.2, 0) is 9.16 Å². The molecular formula is C31H42N6O3Si. The topological polar surface area (TPSA) is 95.7 Å². The fourth-order valence-corrected chi connectivity index (χ4v) is 6.18. The maximum Gasteiger partial charge on any atom is 0.192 e. The molecular weight excluding hydrogens is 532 g/mol. The van der Waals surface area contributed by atoms with E-state index in [0.29, 0.717) is 19.0 Å². The molecule has 4 aromatic rings. The molecule has 1 aliphatic heterocycles. The van der Waals surface area contributed by atoms with Gasteiger partial charge in [-0.2, -0.15) is 5.10 Å². The van der Waals surface area contributed by atoms with Crippen LogP contribution in [0.4, 0.5) is 11.6 Å². The van der Waals surface area contributed by atoms with E-state index < -0.39 is 8.32 Å². The van der Waals surface area contributed by atoms with Crippen LogP contribution in [0.5, 0.6) is 5.75 Å². The van der Waals surface area contributed by atoms with Crippen LogP contribution in [0.1, 0.15) is 50.8 Å². The maximum absolute atomic E-state index is 6.57. The molecule has 0 aliphatic carbocycles. The van der Waals surface area contributed by atoms with Crippen LogP contribution in [0.3, 0.4) is 0 Å². The summed E-state index contributed by atoms with van der Waals surface area (Å²) >= 11 is 0. The number of pyridine rings is 2. The zero-order valence-electron chi connectivity index (χ0n) is 25.5. The van der Waals surface area contributed by atoms with Gasteiger partial charge in [0.15, 0.2) is 14.1 Å². The summed E-state index contributed by atoms with van der Waals surface area (Å²) in [5.74, 6) is 2.90. The molecule has 41 heavy (non-hydrogen) atoms. The highest BCUT2D eigenvalue weighted by molar-refractivity contribution is 6.74. The molecule has 1 N–H and O–H groups in total. The Labute approximate surface area is 243 Å². The lowest BCUT2D eigenvalue weighted by Gasteiger charge is -2.41. The molecule has 5 heterocycles. The Morgan fingerprint density at radius 2 is 1.83 bits per heavy atom. The minimum absolute atomic E-state index is 0.0310. The predicted molar refractivity (Wildman–Crippen MR) is 164 cm³/mol. The van der Waals surface area contributed by atoms with Crippen molar-refractivity contribution in [2.75, 3.05) is 18.5 Å². The molecule has 10 heteroatoms. The minimum Gasteiger partial charge on any atom is -0.489 e. The monoisotopic (exact) mass is 574 g/mol. The number of hydrogen-bond donors (Lipinski definition) is 1. The highest BCUT2D eigenvalue weighted by Gasteiger charge is 2.40. The number of hydrogen-bond acceptors (Lipinski definition) is 8. The number of aromatic nitrogens is 5. The van der Waals surface area contributed by atoms with Crippen molar-refractivity contribution in [3.8, 4) is 16.9 Å². The van der Waals surface area contributed by atoms with Crippen molar-refractivity contribution < 1.29 is 13.9 Å². The third-order valence-corrected chi connectivity index (χ3v) is 12.6. The van der Waals surface area contributed by atoms with Gasteiger partial charge in [0.1, 0.15) is 24.0 Å². The maximum atomic E-state index is 6.57. The van der Waals surface area contributed by atoms with E-state index in [-0.39, 0.29) is 17.2 Å². The largest absolute Gasteiger partial charge is 0.489 e. The van der Waals surface area contributed by atoms with Gasteiger partial charge in [-0.15, -0.1) is 0 Å². The first-order valence-corrected chi connectivity index (χ1v) is 17.2. The van der Waals surface area contributed by atoms with Crippen LogP contribution in [0.25, 0.3) is 16.6 Å². The Balaban J connectivity index is 1.26. The lowest BCUT2D eigenvalue weighted by atomic mass is 10.1. The van der Waals surface area contributed by atoms with Crippen LogP contribution >= 0.6 is 0 Å². The number of rotatable bonds is 8. The van der Waals surface area contributed by atoms with Gasteiger partial charge in [0.2, 0.25) is 0 Å². The van der Waals surface area contributed by atoms with Crippen molar-refractivity contribution in [2.24, 2.45) is 0 Å². The Morgan fingerprint density at radius 1 is 1.02 bits per heavy atom. The van der Waals surface area contributed by atoms with Crippen LogP contribution in [0.2, 0.25) is 18.1 Å². The van der Waals surface area contributed by atoms with Crippen LogP contribution in [-0.4, -0.2) is 58.3 Å². The third-order valence-electron chi connectivity index (χ3n) is 8.02. The fraction of sp³-hybridized carbons (Fsp3) is 0.484. The highest BCUT2D eigenvalue weighted by atomic mass is 28.4. The average Bonchev–Trinajstić information content (AvgIpc) is 3.28. The second kappa shape index (κ2) is 11.5. The number of aryl methyl sites for hydroxylation is 3. The van der Waals surface area contributed by atoms with Gasteiger partial charge in [0.25, 0.3) is 0 Å². The SMILES string of the molecule is Cc1cc(-c2ccn3nc(Nc4cc(C)nc(C)n4)cc3c2)c(OCC2CCC(O[Si](C)(C)C(C)(C)C)CO2)cn1. The van der Waals surface area contributed by atoms with Gasteiger partial charge in [0.05, 0.1) is 30.5 Å². The van der Waals surface area contributed by atoms with Gasteiger partial charge in [-0.3, -0.25) is 4.98 Å². The summed E-state index contributed by atoms with van der Waals surface area (Å²) in [7, 11) is -1.81. The number of ether oxygens (including phenoxy) is 2. The second-order valence-corrected chi connectivity index (χ2v) is 17.3. The fourth-order valence-electron chi connectivity index (χ4n) is 4.81. The number of nitrogens with one attached hydrogen (secondary N) is 1. The Bertz CT molecular complexity index is 1500. The Kier molecular flexibility index (Phi) is 8.18. The molecule has 2 atom stereocenters. The number of fused-ring (bicyclic) bond motifs is 1. The lowest BCUT2D eigenvalue weighted by molar-refractivity contribution is -0.0651. The van der Waals surface area contributed by atoms with E-state index in [4.69, 9.17) is 13.9 Å². The van der Waals surface area contributed by atoms with Gasteiger partial charge in [-0.25, -0.2) is 14.5 Å². The van der Waals surface area contributed by atoms with Crippen molar-refractivity contribution in [3.05, 3.63) is 59.9 Å². The Hall–Kier alpha value is -3.34. The molecule has 2 unspecified atom stereocenters. The first-order chi connectivity index (χ1) is 19.4. The van der Waals surface area contributed by atoms with E-state index in [1.807, 2.05) is 55.9 Å². The molecule has 0 bridgehead atoms. The van der Waals surface area contributed by atoms with Crippen molar-refractivity contribution in [3.63, 3.8) is 0 Å². The molecule has 0 radical (unpaired) electrons. The van der Waals surface area contributed by atoms with Crippen molar-refractivity contribution in [1.82, 2.24) is 24.6 Å². The molecule has 0 amide bonds. The molecule has 4 aromatic heterocycles. The smallest absolute Gasteiger partial charge is 0.192 e. The van der Waals surface area contributed by atoms with E-state index in [1.54, 1.807) is 0 Å². The molecule has 1 aliphatic rings. The van der Waals surface area contributed by atoms with E-state index in [0.717, 1.165) is 58.3 Å². The van der Waals surface area contributed by atoms with Crippen LogP contribution < -0.4 is 10.1 Å². The standard InChI is InChI=1S/C31H42N6O3Si/c1-20-13-27(23-11-12-37-24(15-23)16-30(36-37)35-29-14-21(2)33-22(3)34-29)28(17-32-20)39-18-25-9-10-26(19-38-25)40-41(7,8)31(4,5)6/h11-17,25-26H,9-10,18-19H2,1-8H3,(H,33,34,35,36). The van der Waals surface area contributed by atoms with Crippen molar-refractivity contribution >= 4 is 25.5 Å². The molecule has 9 nitrogen and oxygen atoms in total. The summed E-state index contributed by atoms with van der Waals surface area (Å²) in [6.45, 7) is 18.3. The molecule has 1 saturated heterocycles.